The van der Waals surface area contributed by atoms with Gasteiger partial charge in [-0.3, -0.25) is 4.79 Å². The third-order valence-corrected chi connectivity index (χ3v) is 3.93. The average molecular weight is 305 g/mol. The van der Waals surface area contributed by atoms with E-state index in [4.69, 9.17) is 11.6 Å². The van der Waals surface area contributed by atoms with Gasteiger partial charge in [0.15, 0.2) is 0 Å². The van der Waals surface area contributed by atoms with E-state index in [0.717, 1.165) is 0 Å². The minimum Gasteiger partial charge on any atom is -0.346 e. The zero-order chi connectivity index (χ0) is 12.3. The highest BCUT2D eigenvalue weighted by molar-refractivity contribution is 9.09. The Bertz CT molecular complexity index is 373. The Balaban J connectivity index is 2.77. The number of benzene rings is 1. The average Bonchev–Trinajstić information content (AvgIpc) is 2.17. The van der Waals surface area contributed by atoms with Crippen LogP contribution in [0.4, 0.5) is 0 Å². The molecule has 88 valence electrons. The molecule has 1 unspecified atom stereocenters. The summed E-state index contributed by atoms with van der Waals surface area (Å²) in [7, 11) is 0. The first kappa shape index (κ1) is 13.5. The van der Waals surface area contributed by atoms with E-state index in [2.05, 4.69) is 21.2 Å². The maximum atomic E-state index is 11.9. The fourth-order valence-electron chi connectivity index (χ4n) is 1.07. The summed E-state index contributed by atoms with van der Waals surface area (Å²) in [5, 5.41) is 3.59. The largest absolute Gasteiger partial charge is 0.346 e. The van der Waals surface area contributed by atoms with Gasteiger partial charge in [0.2, 0.25) is 0 Å². The first-order chi connectivity index (χ1) is 7.33. The van der Waals surface area contributed by atoms with Gasteiger partial charge in [-0.25, -0.2) is 0 Å². The summed E-state index contributed by atoms with van der Waals surface area (Å²) in [6.45, 7) is 5.95. The van der Waals surface area contributed by atoms with Crippen LogP contribution in [0.1, 0.15) is 31.1 Å². The standard InChI is InChI=1S/C12H15BrClNO/c1-8(13)12(2,3)15-11(16)9-4-6-10(14)7-5-9/h4-8H,1-3H3,(H,15,16). The molecule has 1 rings (SSSR count). The number of rotatable bonds is 3. The molecular weight excluding hydrogens is 289 g/mol. The molecule has 0 heterocycles. The van der Waals surface area contributed by atoms with Crippen molar-refractivity contribution in [3.63, 3.8) is 0 Å². The van der Waals surface area contributed by atoms with Crippen molar-refractivity contribution in [2.45, 2.75) is 31.1 Å². The number of halogens is 2. The summed E-state index contributed by atoms with van der Waals surface area (Å²) in [6.07, 6.45) is 0. The van der Waals surface area contributed by atoms with Crippen molar-refractivity contribution in [2.75, 3.05) is 0 Å². The lowest BCUT2D eigenvalue weighted by Gasteiger charge is -2.29. The van der Waals surface area contributed by atoms with Crippen LogP contribution in [0.2, 0.25) is 5.02 Å². The molecule has 0 aliphatic rings. The summed E-state index contributed by atoms with van der Waals surface area (Å²) in [6, 6.07) is 6.85. The van der Waals surface area contributed by atoms with Crippen molar-refractivity contribution >= 4 is 33.4 Å². The van der Waals surface area contributed by atoms with Crippen LogP contribution < -0.4 is 5.32 Å². The molecule has 1 aromatic rings. The van der Waals surface area contributed by atoms with Crippen molar-refractivity contribution in [1.82, 2.24) is 5.32 Å². The fourth-order valence-corrected chi connectivity index (χ4v) is 1.31. The SMILES string of the molecule is CC(Br)C(C)(C)NC(=O)c1ccc(Cl)cc1. The van der Waals surface area contributed by atoms with E-state index >= 15 is 0 Å². The van der Waals surface area contributed by atoms with Crippen LogP contribution in [0.3, 0.4) is 0 Å². The Morgan fingerprint density at radius 3 is 2.31 bits per heavy atom. The minimum atomic E-state index is -0.295. The second-order valence-corrected chi connectivity index (χ2v) is 6.11. The Morgan fingerprint density at radius 2 is 1.88 bits per heavy atom. The van der Waals surface area contributed by atoms with Crippen molar-refractivity contribution in [3.05, 3.63) is 34.9 Å². The highest BCUT2D eigenvalue weighted by Gasteiger charge is 2.25. The van der Waals surface area contributed by atoms with Gasteiger partial charge < -0.3 is 5.32 Å². The smallest absolute Gasteiger partial charge is 0.251 e. The number of nitrogens with one attached hydrogen (secondary N) is 1. The number of carbonyl (C=O) groups is 1. The molecule has 1 amide bonds. The molecule has 0 aliphatic heterocycles. The molecule has 1 aromatic carbocycles. The van der Waals surface area contributed by atoms with Crippen LogP contribution in [0.5, 0.6) is 0 Å². The van der Waals surface area contributed by atoms with Crippen LogP contribution in [0, 0.1) is 0 Å². The Labute approximate surface area is 110 Å². The fraction of sp³-hybridized carbons (Fsp3) is 0.417. The number of carbonyl (C=O) groups excluding carboxylic acids is 1. The number of hydrogen-bond donors (Lipinski definition) is 1. The van der Waals surface area contributed by atoms with Crippen LogP contribution in [0.15, 0.2) is 24.3 Å². The van der Waals surface area contributed by atoms with Crippen molar-refractivity contribution < 1.29 is 4.79 Å². The summed E-state index contributed by atoms with van der Waals surface area (Å²) in [5.41, 5.74) is 0.321. The van der Waals surface area contributed by atoms with Crippen molar-refractivity contribution in [1.29, 1.82) is 0 Å². The second-order valence-electron chi connectivity index (χ2n) is 4.30. The molecular formula is C12H15BrClNO. The number of hydrogen-bond acceptors (Lipinski definition) is 1. The van der Waals surface area contributed by atoms with Crippen LogP contribution in [-0.2, 0) is 0 Å². The summed E-state index contributed by atoms with van der Waals surface area (Å²) in [5.74, 6) is -0.0898. The van der Waals surface area contributed by atoms with Gasteiger partial charge in [0, 0.05) is 21.0 Å². The van der Waals surface area contributed by atoms with E-state index in [1.165, 1.54) is 0 Å². The molecule has 2 nitrogen and oxygen atoms in total. The predicted molar refractivity (Wildman–Crippen MR) is 71.4 cm³/mol. The molecule has 0 fully saturated rings. The number of alkyl halides is 1. The van der Waals surface area contributed by atoms with Gasteiger partial charge in [-0.05, 0) is 38.1 Å². The second kappa shape index (κ2) is 5.19. The predicted octanol–water partition coefficient (Wildman–Crippen LogP) is 3.63. The lowest BCUT2D eigenvalue weighted by molar-refractivity contribution is 0.0914. The Morgan fingerprint density at radius 1 is 1.38 bits per heavy atom. The first-order valence-electron chi connectivity index (χ1n) is 5.05. The number of amides is 1. The molecule has 1 N–H and O–H groups in total. The molecule has 0 saturated heterocycles. The van der Waals surface area contributed by atoms with Crippen molar-refractivity contribution in [3.8, 4) is 0 Å². The van der Waals surface area contributed by atoms with E-state index in [9.17, 15) is 4.79 Å². The highest BCUT2D eigenvalue weighted by Crippen LogP contribution is 2.18. The molecule has 0 radical (unpaired) electrons. The van der Waals surface area contributed by atoms with Gasteiger partial charge in [-0.15, -0.1) is 0 Å². The van der Waals surface area contributed by atoms with Crippen molar-refractivity contribution in [2.24, 2.45) is 0 Å². The monoisotopic (exact) mass is 303 g/mol. The molecule has 0 spiro atoms. The topological polar surface area (TPSA) is 29.1 Å². The summed E-state index contributed by atoms with van der Waals surface area (Å²) < 4.78 is 0. The van der Waals surface area contributed by atoms with Crippen LogP contribution in [0.25, 0.3) is 0 Å². The zero-order valence-electron chi connectivity index (χ0n) is 9.55. The van der Waals surface area contributed by atoms with Gasteiger partial charge in [-0.2, -0.15) is 0 Å². The van der Waals surface area contributed by atoms with Gasteiger partial charge >= 0.3 is 0 Å². The molecule has 1 atom stereocenters. The van der Waals surface area contributed by atoms with E-state index in [0.29, 0.717) is 10.6 Å². The highest BCUT2D eigenvalue weighted by atomic mass is 79.9. The van der Waals surface area contributed by atoms with E-state index in [-0.39, 0.29) is 16.3 Å². The van der Waals surface area contributed by atoms with E-state index < -0.39 is 0 Å². The molecule has 4 heteroatoms. The quantitative estimate of drug-likeness (QED) is 0.849. The normalized spacial score (nSPS) is 13.3. The van der Waals surface area contributed by atoms with Gasteiger partial charge in [0.1, 0.15) is 0 Å². The molecule has 0 aromatic heterocycles. The lowest BCUT2D eigenvalue weighted by Crippen LogP contribution is -2.48. The van der Waals surface area contributed by atoms with Gasteiger partial charge in [0.05, 0.1) is 0 Å². The lowest BCUT2D eigenvalue weighted by atomic mass is 10.0. The third-order valence-electron chi connectivity index (χ3n) is 2.54. The van der Waals surface area contributed by atoms with E-state index in [1.807, 2.05) is 20.8 Å². The summed E-state index contributed by atoms with van der Waals surface area (Å²) >= 11 is 9.23. The molecule has 0 bridgehead atoms. The van der Waals surface area contributed by atoms with Crippen LogP contribution >= 0.6 is 27.5 Å². The van der Waals surface area contributed by atoms with Gasteiger partial charge in [0.25, 0.3) is 5.91 Å². The third kappa shape index (κ3) is 3.49. The summed E-state index contributed by atoms with van der Waals surface area (Å²) in [4.78, 5) is 12.1. The molecule has 0 aliphatic carbocycles. The Kier molecular flexibility index (Phi) is 4.39. The maximum Gasteiger partial charge on any atom is 0.251 e. The van der Waals surface area contributed by atoms with Gasteiger partial charge in [-0.1, -0.05) is 34.5 Å². The van der Waals surface area contributed by atoms with Crippen LogP contribution in [-0.4, -0.2) is 16.3 Å². The zero-order valence-corrected chi connectivity index (χ0v) is 11.9. The molecule has 16 heavy (non-hydrogen) atoms. The maximum absolute atomic E-state index is 11.9. The Hall–Kier alpha value is -0.540. The first-order valence-corrected chi connectivity index (χ1v) is 6.34. The van der Waals surface area contributed by atoms with E-state index in [1.54, 1.807) is 24.3 Å². The molecule has 0 saturated carbocycles. The minimum absolute atomic E-state index is 0.0898.